The van der Waals surface area contributed by atoms with Gasteiger partial charge in [0.05, 0.1) is 30.4 Å². The van der Waals surface area contributed by atoms with Gasteiger partial charge >= 0.3 is 5.97 Å². The lowest BCUT2D eigenvalue weighted by Gasteiger charge is -2.07. The maximum atomic E-state index is 11.1. The Morgan fingerprint density at radius 2 is 2.47 bits per heavy atom. The number of hydrogen-bond acceptors (Lipinski definition) is 6. The maximum Gasteiger partial charge on any atom is 0.306 e. The molecule has 0 radical (unpaired) electrons. The second-order valence-corrected chi connectivity index (χ2v) is 6.37. The number of aromatic nitrogens is 1. The lowest BCUT2D eigenvalue weighted by molar-refractivity contribution is -0.140. The van der Waals surface area contributed by atoms with Gasteiger partial charge in [0.1, 0.15) is 0 Å². The number of hydrogen-bond donors (Lipinski definition) is 0. The van der Waals surface area contributed by atoms with Crippen molar-refractivity contribution in [3.63, 3.8) is 0 Å². The Labute approximate surface area is 120 Å². The summed E-state index contributed by atoms with van der Waals surface area (Å²) in [5.74, 6) is 1.95. The smallest absolute Gasteiger partial charge is 0.306 e. The molecule has 0 spiro atoms. The van der Waals surface area contributed by atoms with E-state index >= 15 is 0 Å². The number of carbonyl (C=O) groups excluding carboxylic acids is 1. The van der Waals surface area contributed by atoms with Gasteiger partial charge in [0.2, 0.25) is 5.89 Å². The van der Waals surface area contributed by atoms with Gasteiger partial charge in [-0.25, -0.2) is 4.98 Å². The van der Waals surface area contributed by atoms with Gasteiger partial charge in [0, 0.05) is 5.25 Å². The molecule has 0 aliphatic heterocycles. The summed E-state index contributed by atoms with van der Waals surface area (Å²) in [6.07, 6.45) is 2.15. The summed E-state index contributed by atoms with van der Waals surface area (Å²) in [6.45, 7) is 1.99. The van der Waals surface area contributed by atoms with Crippen LogP contribution in [0.15, 0.2) is 28.1 Å². The van der Waals surface area contributed by atoms with E-state index in [0.29, 0.717) is 18.1 Å². The van der Waals surface area contributed by atoms with Crippen molar-refractivity contribution in [3.8, 4) is 10.6 Å². The number of esters is 1. The minimum Gasteiger partial charge on any atom is -0.469 e. The van der Waals surface area contributed by atoms with E-state index < -0.39 is 0 Å². The molecule has 0 saturated heterocycles. The predicted octanol–water partition coefficient (Wildman–Crippen LogP) is 3.59. The summed E-state index contributed by atoms with van der Waals surface area (Å²) in [7, 11) is 1.40. The van der Waals surface area contributed by atoms with Crippen LogP contribution in [-0.2, 0) is 15.3 Å². The lowest BCUT2D eigenvalue weighted by atomic mass is 10.3. The molecule has 19 heavy (non-hydrogen) atoms. The molecule has 0 aliphatic rings. The SMILES string of the molecule is COC(=O)C[C@@H](C)SCc1ncc(-c2cccs2)o1. The fraction of sp³-hybridized carbons (Fsp3) is 0.385. The number of carbonyl (C=O) groups is 1. The van der Waals surface area contributed by atoms with Crippen LogP contribution in [0.5, 0.6) is 0 Å². The molecule has 0 N–H and O–H groups in total. The Morgan fingerprint density at radius 3 is 3.16 bits per heavy atom. The summed E-state index contributed by atoms with van der Waals surface area (Å²) >= 11 is 3.25. The van der Waals surface area contributed by atoms with Gasteiger partial charge in [-0.1, -0.05) is 13.0 Å². The van der Waals surface area contributed by atoms with E-state index in [1.54, 1.807) is 29.3 Å². The third-order valence-electron chi connectivity index (χ3n) is 2.49. The number of rotatable bonds is 6. The fourth-order valence-electron chi connectivity index (χ4n) is 1.50. The Bertz CT molecular complexity index is 522. The van der Waals surface area contributed by atoms with E-state index in [1.165, 1.54) is 7.11 Å². The summed E-state index contributed by atoms with van der Waals surface area (Å²) in [4.78, 5) is 16.4. The van der Waals surface area contributed by atoms with Crippen LogP contribution in [0.3, 0.4) is 0 Å². The quantitative estimate of drug-likeness (QED) is 0.763. The molecule has 0 bridgehead atoms. The Balaban J connectivity index is 1.85. The molecule has 0 fully saturated rings. The number of nitrogens with zero attached hydrogens (tertiary/aromatic N) is 1. The first-order valence-corrected chi connectivity index (χ1v) is 7.79. The van der Waals surface area contributed by atoms with Gasteiger partial charge in [-0.3, -0.25) is 4.79 Å². The van der Waals surface area contributed by atoms with E-state index in [0.717, 1.165) is 10.6 Å². The standard InChI is InChI=1S/C13H15NO3S2/c1-9(6-13(15)16-2)19-8-12-14-7-10(17-12)11-4-3-5-18-11/h3-5,7,9H,6,8H2,1-2H3/t9-/m1/s1. The van der Waals surface area contributed by atoms with Crippen LogP contribution in [-0.4, -0.2) is 23.3 Å². The number of methoxy groups -OCH3 is 1. The van der Waals surface area contributed by atoms with Crippen LogP contribution in [0.4, 0.5) is 0 Å². The lowest BCUT2D eigenvalue weighted by Crippen LogP contribution is -2.08. The molecule has 2 aromatic heterocycles. The van der Waals surface area contributed by atoms with Gasteiger partial charge < -0.3 is 9.15 Å². The van der Waals surface area contributed by atoms with E-state index in [-0.39, 0.29) is 11.2 Å². The fourth-order valence-corrected chi connectivity index (χ4v) is 2.99. The number of ether oxygens (including phenoxy) is 1. The van der Waals surface area contributed by atoms with Gasteiger partial charge in [0.25, 0.3) is 0 Å². The molecule has 2 heterocycles. The zero-order valence-electron chi connectivity index (χ0n) is 10.8. The molecule has 2 rings (SSSR count). The Morgan fingerprint density at radius 1 is 1.63 bits per heavy atom. The monoisotopic (exact) mass is 297 g/mol. The van der Waals surface area contributed by atoms with Crippen molar-refractivity contribution in [1.29, 1.82) is 0 Å². The topological polar surface area (TPSA) is 52.3 Å². The highest BCUT2D eigenvalue weighted by molar-refractivity contribution is 7.99. The number of oxazole rings is 1. The van der Waals surface area contributed by atoms with Crippen molar-refractivity contribution < 1.29 is 13.9 Å². The van der Waals surface area contributed by atoms with Crippen LogP contribution in [0, 0.1) is 0 Å². The van der Waals surface area contributed by atoms with Crippen molar-refractivity contribution in [2.75, 3.05) is 7.11 Å². The van der Waals surface area contributed by atoms with E-state index in [2.05, 4.69) is 9.72 Å². The van der Waals surface area contributed by atoms with Gasteiger partial charge in [-0.05, 0) is 11.4 Å². The maximum absolute atomic E-state index is 11.1. The van der Waals surface area contributed by atoms with Crippen LogP contribution >= 0.6 is 23.1 Å². The van der Waals surface area contributed by atoms with Crippen LogP contribution in [0.2, 0.25) is 0 Å². The molecule has 6 heteroatoms. The first-order chi connectivity index (χ1) is 9.19. The Hall–Kier alpha value is -1.27. The molecule has 0 unspecified atom stereocenters. The van der Waals surface area contributed by atoms with Crippen molar-refractivity contribution in [1.82, 2.24) is 4.98 Å². The third kappa shape index (κ3) is 4.11. The highest BCUT2D eigenvalue weighted by Crippen LogP contribution is 2.27. The summed E-state index contributed by atoms with van der Waals surface area (Å²) in [5.41, 5.74) is 0. The van der Waals surface area contributed by atoms with Gasteiger partial charge in [-0.15, -0.1) is 23.1 Å². The highest BCUT2D eigenvalue weighted by atomic mass is 32.2. The molecule has 2 aromatic rings. The summed E-state index contributed by atoms with van der Waals surface area (Å²) < 4.78 is 10.3. The molecule has 102 valence electrons. The first kappa shape index (κ1) is 14.1. The number of thiophene rings is 1. The second-order valence-electron chi connectivity index (χ2n) is 4.00. The summed E-state index contributed by atoms with van der Waals surface area (Å²) in [5, 5.41) is 2.19. The molecule has 4 nitrogen and oxygen atoms in total. The highest BCUT2D eigenvalue weighted by Gasteiger charge is 2.12. The van der Waals surface area contributed by atoms with Crippen molar-refractivity contribution in [2.24, 2.45) is 0 Å². The van der Waals surface area contributed by atoms with E-state index in [4.69, 9.17) is 4.42 Å². The Kier molecular flexibility index (Phi) is 5.04. The zero-order chi connectivity index (χ0) is 13.7. The minimum atomic E-state index is -0.188. The molecule has 0 aliphatic carbocycles. The molecule has 0 saturated carbocycles. The molecule has 0 amide bonds. The minimum absolute atomic E-state index is 0.185. The first-order valence-electron chi connectivity index (χ1n) is 5.86. The average molecular weight is 297 g/mol. The van der Waals surface area contributed by atoms with Crippen molar-refractivity contribution in [2.45, 2.75) is 24.3 Å². The largest absolute Gasteiger partial charge is 0.469 e. The second kappa shape index (κ2) is 6.77. The zero-order valence-corrected chi connectivity index (χ0v) is 12.4. The third-order valence-corrected chi connectivity index (χ3v) is 4.52. The summed E-state index contributed by atoms with van der Waals surface area (Å²) in [6, 6.07) is 3.98. The van der Waals surface area contributed by atoms with Gasteiger partial charge in [0.15, 0.2) is 5.76 Å². The molecule has 1 atom stereocenters. The van der Waals surface area contributed by atoms with Crippen LogP contribution in [0.1, 0.15) is 19.2 Å². The normalized spacial score (nSPS) is 12.3. The van der Waals surface area contributed by atoms with Crippen molar-refractivity contribution >= 4 is 29.1 Å². The molecular weight excluding hydrogens is 282 g/mol. The number of thioether (sulfide) groups is 1. The molecule has 0 aromatic carbocycles. The average Bonchev–Trinajstić information content (AvgIpc) is 3.06. The molecular formula is C13H15NO3S2. The van der Waals surface area contributed by atoms with Crippen molar-refractivity contribution in [3.05, 3.63) is 29.6 Å². The van der Waals surface area contributed by atoms with Crippen LogP contribution < -0.4 is 0 Å². The van der Waals surface area contributed by atoms with E-state index in [1.807, 2.05) is 24.4 Å². The van der Waals surface area contributed by atoms with Gasteiger partial charge in [-0.2, -0.15) is 0 Å². The van der Waals surface area contributed by atoms with Crippen LogP contribution in [0.25, 0.3) is 10.6 Å². The predicted molar refractivity (Wildman–Crippen MR) is 77.2 cm³/mol. The van der Waals surface area contributed by atoms with E-state index in [9.17, 15) is 4.79 Å².